The molecule has 0 N–H and O–H groups in total. The Morgan fingerprint density at radius 1 is 0.875 bits per heavy atom. The molecular weight excluding hydrogens is 447 g/mol. The van der Waals surface area contributed by atoms with Gasteiger partial charge in [0.15, 0.2) is 12.4 Å². The van der Waals surface area contributed by atoms with Crippen LogP contribution in [0.4, 0.5) is 0 Å². The number of hydrogen-bond acceptors (Lipinski definition) is 5. The van der Waals surface area contributed by atoms with Gasteiger partial charge in [-0.2, -0.15) is 10.1 Å². The highest BCUT2D eigenvalue weighted by atomic mass is 35.5. The first-order valence-corrected chi connectivity index (χ1v) is 10.5. The third-order valence-electron chi connectivity index (χ3n) is 4.78. The molecule has 0 aliphatic rings. The summed E-state index contributed by atoms with van der Waals surface area (Å²) < 4.78 is 12.8. The summed E-state index contributed by atoms with van der Waals surface area (Å²) in [5, 5.41) is 9.43. The average Bonchev–Trinajstić information content (AvgIpc) is 3.48. The van der Waals surface area contributed by atoms with E-state index in [-0.39, 0.29) is 12.6 Å². The Morgan fingerprint density at radius 2 is 1.66 bits per heavy atom. The van der Waals surface area contributed by atoms with E-state index in [4.69, 9.17) is 32.5 Å². The van der Waals surface area contributed by atoms with E-state index in [1.165, 1.54) is 0 Å². The summed E-state index contributed by atoms with van der Waals surface area (Å²) >= 11 is 12.2. The third-order valence-corrected chi connectivity index (χ3v) is 5.33. The van der Waals surface area contributed by atoms with E-state index >= 15 is 0 Å². The molecule has 3 aromatic carbocycles. The van der Waals surface area contributed by atoms with Gasteiger partial charge in [-0.3, -0.25) is 0 Å². The lowest BCUT2D eigenvalue weighted by Gasteiger charge is -2.07. The van der Waals surface area contributed by atoms with Gasteiger partial charge in [0.1, 0.15) is 5.75 Å². The van der Waals surface area contributed by atoms with E-state index < -0.39 is 0 Å². The highest BCUT2D eigenvalue weighted by molar-refractivity contribution is 6.36. The molecule has 0 fully saturated rings. The van der Waals surface area contributed by atoms with E-state index in [0.717, 1.165) is 16.9 Å². The van der Waals surface area contributed by atoms with E-state index in [9.17, 15) is 0 Å². The molecular formula is C24H16Cl2N4O2. The van der Waals surface area contributed by atoms with Crippen LogP contribution in [0.25, 0.3) is 34.1 Å². The number of benzene rings is 3. The van der Waals surface area contributed by atoms with Crippen LogP contribution in [0.2, 0.25) is 10.0 Å². The molecule has 0 radical (unpaired) electrons. The van der Waals surface area contributed by atoms with Gasteiger partial charge in [0.25, 0.3) is 5.89 Å². The van der Waals surface area contributed by atoms with Crippen LogP contribution in [-0.2, 0) is 6.73 Å². The van der Waals surface area contributed by atoms with Crippen molar-refractivity contribution in [3.05, 3.63) is 95.1 Å². The molecule has 0 bridgehead atoms. The second-order valence-corrected chi connectivity index (χ2v) is 7.80. The van der Waals surface area contributed by atoms with Crippen molar-refractivity contribution in [3.63, 3.8) is 0 Å². The van der Waals surface area contributed by atoms with Gasteiger partial charge < -0.3 is 9.26 Å². The fraction of sp³-hybridized carbons (Fsp3) is 0.0417. The quantitative estimate of drug-likeness (QED) is 0.284. The second-order valence-electron chi connectivity index (χ2n) is 6.95. The fourth-order valence-electron chi connectivity index (χ4n) is 3.17. The van der Waals surface area contributed by atoms with Crippen LogP contribution < -0.4 is 4.74 Å². The van der Waals surface area contributed by atoms with E-state index in [1.54, 1.807) is 35.1 Å². The molecule has 158 valence electrons. The van der Waals surface area contributed by atoms with Crippen LogP contribution in [0.15, 0.2) is 89.6 Å². The lowest BCUT2D eigenvalue weighted by atomic mass is 10.1. The average molecular weight is 463 g/mol. The molecule has 5 rings (SSSR count). The Balaban J connectivity index is 1.25. The maximum absolute atomic E-state index is 6.23. The standard InChI is InChI=1S/C24H16Cl2N4O2/c25-18-8-11-20(21(26)14-18)23-27-24(32-29-23)22-12-13-30(28-22)15-31-19-9-6-17(7-10-19)16-4-2-1-3-5-16/h1-14H,15H2. The topological polar surface area (TPSA) is 66.0 Å². The Hall–Kier alpha value is -3.61. The molecule has 2 aromatic heterocycles. The zero-order chi connectivity index (χ0) is 21.9. The minimum Gasteiger partial charge on any atom is -0.471 e. The lowest BCUT2D eigenvalue weighted by molar-refractivity contribution is 0.221. The first-order valence-electron chi connectivity index (χ1n) is 9.77. The summed E-state index contributed by atoms with van der Waals surface area (Å²) in [4.78, 5) is 4.39. The van der Waals surface area contributed by atoms with Crippen molar-refractivity contribution in [2.45, 2.75) is 6.73 Å². The van der Waals surface area contributed by atoms with Crippen molar-refractivity contribution in [2.24, 2.45) is 0 Å². The van der Waals surface area contributed by atoms with Crippen LogP contribution in [0.5, 0.6) is 5.75 Å². The summed E-state index contributed by atoms with van der Waals surface area (Å²) in [5.74, 6) is 1.40. The zero-order valence-corrected chi connectivity index (χ0v) is 18.2. The van der Waals surface area contributed by atoms with Crippen LogP contribution in [0.1, 0.15) is 0 Å². The summed E-state index contributed by atoms with van der Waals surface area (Å²) in [5.41, 5.74) is 3.46. The van der Waals surface area contributed by atoms with Gasteiger partial charge in [0, 0.05) is 16.8 Å². The van der Waals surface area contributed by atoms with E-state index in [2.05, 4.69) is 27.4 Å². The van der Waals surface area contributed by atoms with E-state index in [1.807, 2.05) is 42.5 Å². The van der Waals surface area contributed by atoms with Gasteiger partial charge in [-0.25, -0.2) is 4.68 Å². The first-order chi connectivity index (χ1) is 15.7. The molecule has 0 atom stereocenters. The van der Waals surface area contributed by atoms with Gasteiger partial charge in [0.2, 0.25) is 5.82 Å². The van der Waals surface area contributed by atoms with Crippen molar-refractivity contribution < 1.29 is 9.26 Å². The van der Waals surface area contributed by atoms with Crippen LogP contribution >= 0.6 is 23.2 Å². The Kier molecular flexibility index (Phi) is 5.62. The minimum absolute atomic E-state index is 0.245. The molecule has 0 saturated heterocycles. The Bertz CT molecular complexity index is 1350. The largest absolute Gasteiger partial charge is 0.471 e. The number of ether oxygens (including phenoxy) is 1. The Morgan fingerprint density at radius 3 is 2.44 bits per heavy atom. The molecule has 0 saturated carbocycles. The molecule has 2 heterocycles. The molecule has 0 amide bonds. The maximum Gasteiger partial charge on any atom is 0.278 e. The lowest BCUT2D eigenvalue weighted by Crippen LogP contribution is -2.05. The van der Waals surface area contributed by atoms with Gasteiger partial charge in [0.05, 0.1) is 5.02 Å². The highest BCUT2D eigenvalue weighted by Gasteiger charge is 2.15. The van der Waals surface area contributed by atoms with Crippen molar-refractivity contribution in [1.82, 2.24) is 19.9 Å². The van der Waals surface area contributed by atoms with Gasteiger partial charge >= 0.3 is 0 Å². The summed E-state index contributed by atoms with van der Waals surface area (Å²) in [6.45, 7) is 0.245. The fourth-order valence-corrected chi connectivity index (χ4v) is 3.66. The molecule has 8 heteroatoms. The minimum atomic E-state index is 0.245. The predicted octanol–water partition coefficient (Wildman–Crippen LogP) is 6.61. The molecule has 6 nitrogen and oxygen atoms in total. The summed E-state index contributed by atoms with van der Waals surface area (Å²) in [6.07, 6.45) is 1.78. The normalized spacial score (nSPS) is 10.9. The van der Waals surface area contributed by atoms with Crippen LogP contribution in [0.3, 0.4) is 0 Å². The molecule has 0 unspecified atom stereocenters. The molecule has 32 heavy (non-hydrogen) atoms. The van der Waals surface area contributed by atoms with Crippen molar-refractivity contribution in [1.29, 1.82) is 0 Å². The number of rotatable bonds is 6. The third kappa shape index (κ3) is 4.37. The number of hydrogen-bond donors (Lipinski definition) is 0. The summed E-state index contributed by atoms with van der Waals surface area (Å²) in [7, 11) is 0. The van der Waals surface area contributed by atoms with Gasteiger partial charge in [-0.1, -0.05) is 70.8 Å². The molecule has 0 aliphatic heterocycles. The number of aromatic nitrogens is 4. The summed E-state index contributed by atoms with van der Waals surface area (Å²) in [6, 6.07) is 25.0. The number of nitrogens with zero attached hydrogens (tertiary/aromatic N) is 4. The molecule has 5 aromatic rings. The maximum atomic E-state index is 6.23. The monoisotopic (exact) mass is 462 g/mol. The first kappa shape index (κ1) is 20.3. The van der Waals surface area contributed by atoms with Crippen LogP contribution in [-0.4, -0.2) is 19.9 Å². The van der Waals surface area contributed by atoms with Crippen molar-refractivity contribution in [2.75, 3.05) is 0 Å². The van der Waals surface area contributed by atoms with Crippen LogP contribution in [0, 0.1) is 0 Å². The smallest absolute Gasteiger partial charge is 0.278 e. The van der Waals surface area contributed by atoms with Crippen molar-refractivity contribution in [3.8, 4) is 39.8 Å². The van der Waals surface area contributed by atoms with E-state index in [0.29, 0.717) is 27.1 Å². The van der Waals surface area contributed by atoms with Gasteiger partial charge in [-0.15, -0.1) is 0 Å². The molecule has 0 spiro atoms. The molecule has 0 aliphatic carbocycles. The zero-order valence-electron chi connectivity index (χ0n) is 16.7. The SMILES string of the molecule is Clc1ccc(-c2noc(-c3ccn(COc4ccc(-c5ccccc5)cc4)n3)n2)c(Cl)c1. The highest BCUT2D eigenvalue weighted by Crippen LogP contribution is 2.29. The second kappa shape index (κ2) is 8.86. The van der Waals surface area contributed by atoms with Crippen molar-refractivity contribution >= 4 is 23.2 Å². The predicted molar refractivity (Wildman–Crippen MR) is 123 cm³/mol. The Labute approximate surface area is 194 Å². The number of halogens is 2. The van der Waals surface area contributed by atoms with Gasteiger partial charge in [-0.05, 0) is 47.5 Å².